The average Bonchev–Trinajstić information content (AvgIpc) is 3.39. The molecule has 2 N–H and O–H groups in total. The fourth-order valence-corrected chi connectivity index (χ4v) is 2.10. The molecule has 1 fully saturated rings. The number of ether oxygens (including phenoxy) is 2. The van der Waals surface area contributed by atoms with E-state index in [2.05, 4.69) is 20.6 Å². The van der Waals surface area contributed by atoms with Crippen LogP contribution in [0.2, 0.25) is 0 Å². The lowest BCUT2D eigenvalue weighted by molar-refractivity contribution is 0.102. The highest BCUT2D eigenvalue weighted by atomic mass is 16.5. The van der Waals surface area contributed by atoms with Gasteiger partial charge >= 0.3 is 0 Å². The molecule has 0 atom stereocenters. The Morgan fingerprint density at radius 1 is 1.17 bits per heavy atom. The van der Waals surface area contributed by atoms with E-state index in [1.807, 2.05) is 0 Å². The van der Waals surface area contributed by atoms with Gasteiger partial charge in [0, 0.05) is 18.2 Å². The summed E-state index contributed by atoms with van der Waals surface area (Å²) in [5.74, 6) is 1.49. The van der Waals surface area contributed by atoms with Crippen molar-refractivity contribution >= 4 is 17.4 Å². The number of aromatic nitrogens is 2. The van der Waals surface area contributed by atoms with Gasteiger partial charge in [-0.2, -0.15) is 0 Å². The van der Waals surface area contributed by atoms with Crippen molar-refractivity contribution in [2.75, 3.05) is 24.9 Å². The van der Waals surface area contributed by atoms with E-state index in [0.29, 0.717) is 29.0 Å². The van der Waals surface area contributed by atoms with Crippen LogP contribution in [0.5, 0.6) is 11.5 Å². The summed E-state index contributed by atoms with van der Waals surface area (Å²) in [5.41, 5.74) is 0.806. The number of nitrogens with one attached hydrogen (secondary N) is 2. The quantitative estimate of drug-likeness (QED) is 0.851. The molecule has 3 rings (SSSR count). The third-order valence-corrected chi connectivity index (χ3v) is 3.48. The van der Waals surface area contributed by atoms with Gasteiger partial charge in [-0.3, -0.25) is 4.79 Å². The lowest BCUT2D eigenvalue weighted by Crippen LogP contribution is -2.15. The lowest BCUT2D eigenvalue weighted by Gasteiger charge is -2.12. The molecule has 0 unspecified atom stereocenters. The van der Waals surface area contributed by atoms with Crippen molar-refractivity contribution in [2.24, 2.45) is 0 Å². The van der Waals surface area contributed by atoms with E-state index in [1.54, 1.807) is 38.5 Å². The molecule has 120 valence electrons. The molecule has 1 aliphatic carbocycles. The summed E-state index contributed by atoms with van der Waals surface area (Å²) in [6.45, 7) is 0. The van der Waals surface area contributed by atoms with Crippen LogP contribution < -0.4 is 20.1 Å². The third kappa shape index (κ3) is 3.68. The summed E-state index contributed by atoms with van der Waals surface area (Å²) in [5, 5.41) is 6.03. The number of carbonyl (C=O) groups is 1. The highest BCUT2D eigenvalue weighted by Crippen LogP contribution is 2.29. The predicted molar refractivity (Wildman–Crippen MR) is 86.2 cm³/mol. The van der Waals surface area contributed by atoms with Gasteiger partial charge in [0.25, 0.3) is 5.91 Å². The van der Waals surface area contributed by atoms with Crippen LogP contribution >= 0.6 is 0 Å². The molecule has 0 aliphatic heterocycles. The Bertz CT molecular complexity index is 716. The van der Waals surface area contributed by atoms with Crippen LogP contribution in [0.4, 0.5) is 11.5 Å². The number of rotatable bonds is 6. The number of hydrogen-bond acceptors (Lipinski definition) is 6. The summed E-state index contributed by atoms with van der Waals surface area (Å²) < 4.78 is 10.4. The van der Waals surface area contributed by atoms with E-state index in [9.17, 15) is 4.79 Å². The Balaban J connectivity index is 1.78. The number of methoxy groups -OCH3 is 2. The maximum Gasteiger partial charge on any atom is 0.274 e. The van der Waals surface area contributed by atoms with Crippen molar-refractivity contribution in [3.05, 3.63) is 36.3 Å². The zero-order valence-corrected chi connectivity index (χ0v) is 13.0. The topological polar surface area (TPSA) is 85.4 Å². The molecule has 0 radical (unpaired) electrons. The Labute approximate surface area is 134 Å². The van der Waals surface area contributed by atoms with Gasteiger partial charge in [0.15, 0.2) is 0 Å². The molecule has 1 saturated carbocycles. The van der Waals surface area contributed by atoms with Gasteiger partial charge in [-0.05, 0) is 25.0 Å². The molecule has 1 heterocycles. The van der Waals surface area contributed by atoms with E-state index in [0.717, 1.165) is 12.8 Å². The van der Waals surface area contributed by atoms with Crippen LogP contribution in [0.25, 0.3) is 0 Å². The van der Waals surface area contributed by atoms with Crippen molar-refractivity contribution in [3.63, 3.8) is 0 Å². The minimum Gasteiger partial charge on any atom is -0.497 e. The van der Waals surface area contributed by atoms with Crippen LogP contribution in [0.1, 0.15) is 23.3 Å². The molecular formula is C16H18N4O3. The molecule has 0 bridgehead atoms. The first-order chi connectivity index (χ1) is 11.2. The van der Waals surface area contributed by atoms with Gasteiger partial charge < -0.3 is 20.1 Å². The van der Waals surface area contributed by atoms with Crippen LogP contribution in [-0.4, -0.2) is 36.1 Å². The SMILES string of the molecule is COc1ccc(OC)c(NC(=O)c2cc(NC3CC3)ncn2)c1. The molecular weight excluding hydrogens is 296 g/mol. The van der Waals surface area contributed by atoms with Crippen LogP contribution in [0.3, 0.4) is 0 Å². The van der Waals surface area contributed by atoms with Gasteiger partial charge in [0.2, 0.25) is 0 Å². The van der Waals surface area contributed by atoms with Crippen LogP contribution in [0.15, 0.2) is 30.6 Å². The minimum absolute atomic E-state index is 0.285. The highest BCUT2D eigenvalue weighted by Gasteiger charge is 2.22. The molecule has 0 spiro atoms. The molecule has 2 aromatic rings. The number of nitrogens with zero attached hydrogens (tertiary/aromatic N) is 2. The standard InChI is InChI=1S/C16H18N4O3/c1-22-11-5-6-14(23-2)12(7-11)20-16(21)13-8-15(18-9-17-13)19-10-3-4-10/h5-10H,3-4H2,1-2H3,(H,20,21)(H,17,18,19). The summed E-state index contributed by atoms with van der Waals surface area (Å²) >= 11 is 0. The summed E-state index contributed by atoms with van der Waals surface area (Å²) in [4.78, 5) is 20.6. The van der Waals surface area contributed by atoms with E-state index in [-0.39, 0.29) is 11.6 Å². The van der Waals surface area contributed by atoms with Gasteiger partial charge in [-0.25, -0.2) is 9.97 Å². The highest BCUT2D eigenvalue weighted by molar-refractivity contribution is 6.04. The van der Waals surface area contributed by atoms with E-state index >= 15 is 0 Å². The minimum atomic E-state index is -0.335. The second-order valence-corrected chi connectivity index (χ2v) is 5.23. The van der Waals surface area contributed by atoms with Crippen LogP contribution in [-0.2, 0) is 0 Å². The maximum atomic E-state index is 12.4. The molecule has 1 aromatic heterocycles. The molecule has 7 heteroatoms. The number of carbonyl (C=O) groups excluding carboxylic acids is 1. The van der Waals surface area contributed by atoms with Crippen molar-refractivity contribution in [2.45, 2.75) is 18.9 Å². The summed E-state index contributed by atoms with van der Waals surface area (Å²) in [6.07, 6.45) is 3.64. The normalized spacial score (nSPS) is 13.3. The monoisotopic (exact) mass is 314 g/mol. The Kier molecular flexibility index (Phi) is 4.27. The molecule has 0 saturated heterocycles. The Morgan fingerprint density at radius 3 is 2.70 bits per heavy atom. The first-order valence-electron chi connectivity index (χ1n) is 7.31. The van der Waals surface area contributed by atoms with Crippen molar-refractivity contribution in [1.82, 2.24) is 9.97 Å². The van der Waals surface area contributed by atoms with Gasteiger partial charge in [-0.15, -0.1) is 0 Å². The fraction of sp³-hybridized carbons (Fsp3) is 0.312. The fourth-order valence-electron chi connectivity index (χ4n) is 2.10. The number of anilines is 2. The zero-order chi connectivity index (χ0) is 16.2. The molecule has 1 aliphatic rings. The Hall–Kier alpha value is -2.83. The second kappa shape index (κ2) is 6.51. The largest absolute Gasteiger partial charge is 0.497 e. The molecule has 23 heavy (non-hydrogen) atoms. The summed E-state index contributed by atoms with van der Waals surface area (Å²) in [6, 6.07) is 7.28. The smallest absolute Gasteiger partial charge is 0.274 e. The predicted octanol–water partition coefficient (Wildman–Crippen LogP) is 2.32. The number of benzene rings is 1. The number of amides is 1. The van der Waals surface area contributed by atoms with Gasteiger partial charge in [0.1, 0.15) is 29.3 Å². The first kappa shape index (κ1) is 15.1. The maximum absolute atomic E-state index is 12.4. The van der Waals surface area contributed by atoms with E-state index in [1.165, 1.54) is 6.33 Å². The Morgan fingerprint density at radius 2 is 2.00 bits per heavy atom. The first-order valence-corrected chi connectivity index (χ1v) is 7.31. The lowest BCUT2D eigenvalue weighted by atomic mass is 10.2. The average molecular weight is 314 g/mol. The van der Waals surface area contributed by atoms with Gasteiger partial charge in [-0.1, -0.05) is 0 Å². The van der Waals surface area contributed by atoms with Crippen molar-refractivity contribution in [1.29, 1.82) is 0 Å². The van der Waals surface area contributed by atoms with Crippen molar-refractivity contribution in [3.8, 4) is 11.5 Å². The van der Waals surface area contributed by atoms with Gasteiger partial charge in [0.05, 0.1) is 19.9 Å². The van der Waals surface area contributed by atoms with Crippen LogP contribution in [0, 0.1) is 0 Å². The van der Waals surface area contributed by atoms with E-state index < -0.39 is 0 Å². The second-order valence-electron chi connectivity index (χ2n) is 5.23. The number of hydrogen-bond donors (Lipinski definition) is 2. The summed E-state index contributed by atoms with van der Waals surface area (Å²) in [7, 11) is 3.10. The van der Waals surface area contributed by atoms with Crippen molar-refractivity contribution < 1.29 is 14.3 Å². The molecule has 1 aromatic carbocycles. The molecule has 1 amide bonds. The third-order valence-electron chi connectivity index (χ3n) is 3.48. The molecule has 7 nitrogen and oxygen atoms in total. The van der Waals surface area contributed by atoms with E-state index in [4.69, 9.17) is 9.47 Å². The zero-order valence-electron chi connectivity index (χ0n) is 13.0.